The molecular formula is C16H24NO5PS2. The summed E-state index contributed by atoms with van der Waals surface area (Å²) in [4.78, 5) is 26.1. The maximum Gasteiger partial charge on any atom is 0.326 e. The van der Waals surface area contributed by atoms with Gasteiger partial charge in [0.25, 0.3) is 0 Å². The number of ether oxygens (including phenoxy) is 1. The number of rotatable bonds is 9. The van der Waals surface area contributed by atoms with E-state index in [9.17, 15) is 9.59 Å². The molecule has 0 atom stereocenters. The van der Waals surface area contributed by atoms with Crippen LogP contribution in [0.4, 0.5) is 5.69 Å². The molecule has 0 aliphatic heterocycles. The summed E-state index contributed by atoms with van der Waals surface area (Å²) in [7, 11) is 2.92. The van der Waals surface area contributed by atoms with Gasteiger partial charge in [0.05, 0.1) is 12.4 Å². The first-order valence-corrected chi connectivity index (χ1v) is 11.9. The molecule has 0 radical (unpaired) electrons. The summed E-state index contributed by atoms with van der Waals surface area (Å²) < 4.78 is 15.4. The largest absolute Gasteiger partial charge is 0.465 e. The first kappa shape index (κ1) is 22.1. The molecule has 0 heterocycles. The Labute approximate surface area is 158 Å². The Bertz CT molecular complexity index is 660. The minimum Gasteiger partial charge on any atom is -0.465 e. The molecule has 0 aromatic heterocycles. The number of benzene rings is 1. The number of esters is 1. The number of anilines is 1. The zero-order valence-corrected chi connectivity index (χ0v) is 17.6. The molecule has 0 fully saturated rings. The monoisotopic (exact) mass is 405 g/mol. The van der Waals surface area contributed by atoms with Crippen molar-refractivity contribution in [3.05, 3.63) is 29.3 Å². The molecule has 0 aliphatic rings. The van der Waals surface area contributed by atoms with Crippen LogP contribution in [0.3, 0.4) is 0 Å². The minimum absolute atomic E-state index is 0.0473. The van der Waals surface area contributed by atoms with Crippen LogP contribution in [-0.4, -0.2) is 45.0 Å². The van der Waals surface area contributed by atoms with Crippen molar-refractivity contribution in [2.24, 2.45) is 0 Å². The third-order valence-electron chi connectivity index (χ3n) is 3.33. The van der Waals surface area contributed by atoms with Crippen molar-refractivity contribution in [2.75, 3.05) is 38.0 Å². The second-order valence-electron chi connectivity index (χ2n) is 5.16. The topological polar surface area (TPSA) is 65.1 Å². The quantitative estimate of drug-likeness (QED) is 0.460. The number of carbonyl (C=O) groups excluding carboxylic acids is 2. The number of hydrogen-bond donors (Lipinski definition) is 0. The highest BCUT2D eigenvalue weighted by Crippen LogP contribution is 2.59. The summed E-state index contributed by atoms with van der Waals surface area (Å²) in [6, 6.07) is 5.69. The molecule has 1 rings (SSSR count). The second kappa shape index (κ2) is 10.3. The van der Waals surface area contributed by atoms with Crippen LogP contribution in [0, 0.1) is 13.8 Å². The molecule has 1 aromatic rings. The molecule has 6 nitrogen and oxygen atoms in total. The molecule has 0 aliphatic carbocycles. The van der Waals surface area contributed by atoms with E-state index in [0.717, 1.165) is 22.5 Å². The highest BCUT2D eigenvalue weighted by atomic mass is 32.9. The van der Waals surface area contributed by atoms with Crippen LogP contribution in [0.15, 0.2) is 18.2 Å². The van der Waals surface area contributed by atoms with Crippen LogP contribution in [0.25, 0.3) is 0 Å². The Balaban J connectivity index is 3.03. The Morgan fingerprint density at radius 3 is 2.40 bits per heavy atom. The van der Waals surface area contributed by atoms with Crippen LogP contribution in [0.5, 0.6) is 0 Å². The van der Waals surface area contributed by atoms with E-state index < -0.39 is 11.7 Å². The van der Waals surface area contributed by atoms with Gasteiger partial charge in [0, 0.05) is 19.9 Å². The van der Waals surface area contributed by atoms with E-state index in [1.807, 2.05) is 32.0 Å². The molecule has 0 bridgehead atoms. The van der Waals surface area contributed by atoms with E-state index >= 15 is 0 Å². The van der Waals surface area contributed by atoms with Gasteiger partial charge in [-0.1, -0.05) is 29.1 Å². The highest BCUT2D eigenvalue weighted by Gasteiger charge is 2.25. The number of hydrogen-bond acceptors (Lipinski definition) is 7. The lowest BCUT2D eigenvalue weighted by Crippen LogP contribution is -2.38. The Hall–Kier alpha value is -0.920. The normalized spacial score (nSPS) is 11.2. The zero-order valence-electron chi connectivity index (χ0n) is 15.1. The summed E-state index contributed by atoms with van der Waals surface area (Å²) in [5.74, 6) is -0.668. The average molecular weight is 405 g/mol. The molecule has 9 heteroatoms. The van der Waals surface area contributed by atoms with Crippen molar-refractivity contribution in [3.63, 3.8) is 0 Å². The second-order valence-corrected chi connectivity index (χ2v) is 11.7. The molecular weight excluding hydrogens is 381 g/mol. The van der Waals surface area contributed by atoms with E-state index in [-0.39, 0.29) is 24.8 Å². The van der Waals surface area contributed by atoms with E-state index in [2.05, 4.69) is 0 Å². The highest BCUT2D eigenvalue weighted by molar-refractivity contribution is 8.68. The fraction of sp³-hybridized carbons (Fsp3) is 0.500. The Morgan fingerprint density at radius 2 is 1.88 bits per heavy atom. The van der Waals surface area contributed by atoms with Gasteiger partial charge >= 0.3 is 5.97 Å². The van der Waals surface area contributed by atoms with Crippen molar-refractivity contribution >= 4 is 46.4 Å². The molecule has 0 saturated heterocycles. The summed E-state index contributed by atoms with van der Waals surface area (Å²) in [5.41, 5.74) is 0.107. The maximum absolute atomic E-state index is 12.8. The van der Waals surface area contributed by atoms with Gasteiger partial charge in [-0.25, -0.2) is 0 Å². The number of aryl methyl sites for hydroxylation is 2. The summed E-state index contributed by atoms with van der Waals surface area (Å²) >= 11 is 6.41. The van der Waals surface area contributed by atoms with Crippen molar-refractivity contribution in [2.45, 2.75) is 20.8 Å². The van der Waals surface area contributed by atoms with E-state index in [0.29, 0.717) is 5.69 Å². The van der Waals surface area contributed by atoms with Gasteiger partial charge in [-0.05, 0) is 44.2 Å². The average Bonchev–Trinajstić information content (AvgIpc) is 2.58. The summed E-state index contributed by atoms with van der Waals surface area (Å²) in [6.45, 7) is 5.70. The van der Waals surface area contributed by atoms with Crippen molar-refractivity contribution in [1.82, 2.24) is 0 Å². The molecule has 1 amide bonds. The van der Waals surface area contributed by atoms with Gasteiger partial charge in [-0.15, -0.1) is 0 Å². The van der Waals surface area contributed by atoms with Gasteiger partial charge < -0.3 is 18.7 Å². The van der Waals surface area contributed by atoms with E-state index in [4.69, 9.17) is 25.6 Å². The van der Waals surface area contributed by atoms with Crippen molar-refractivity contribution in [3.8, 4) is 0 Å². The van der Waals surface area contributed by atoms with Crippen LogP contribution in [0.2, 0.25) is 0 Å². The van der Waals surface area contributed by atoms with Gasteiger partial charge in [-0.2, -0.15) is 0 Å². The van der Waals surface area contributed by atoms with E-state index in [1.54, 1.807) is 6.92 Å². The molecule has 0 spiro atoms. The first-order valence-electron chi connectivity index (χ1n) is 7.65. The Kier molecular flexibility index (Phi) is 9.10. The van der Waals surface area contributed by atoms with Gasteiger partial charge in [0.2, 0.25) is 11.6 Å². The van der Waals surface area contributed by atoms with Gasteiger partial charge in [0.15, 0.2) is 0 Å². The molecule has 25 heavy (non-hydrogen) atoms. The molecule has 0 saturated carbocycles. The maximum atomic E-state index is 12.8. The predicted octanol–water partition coefficient (Wildman–Crippen LogP) is 3.45. The SMILES string of the molecule is CCOC(=O)CN(C(=O)CSP(=S)(OC)OC)c1ccc(C)cc1C. The first-order chi connectivity index (χ1) is 11.8. The van der Waals surface area contributed by atoms with Gasteiger partial charge in [-0.3, -0.25) is 9.59 Å². The van der Waals surface area contributed by atoms with E-state index in [1.165, 1.54) is 19.1 Å². The standard InChI is InChI=1S/C16H24NO5PS2/c1-6-22-16(19)10-17(14-8-7-12(2)9-13(14)3)15(18)11-25-23(24,20-4)21-5/h7-9H,6,10-11H2,1-5H3. The lowest BCUT2D eigenvalue weighted by atomic mass is 10.1. The summed E-state index contributed by atoms with van der Waals surface area (Å²) in [5, 5.41) is 0. The molecule has 0 N–H and O–H groups in total. The molecule has 0 unspecified atom stereocenters. The molecule has 140 valence electrons. The lowest BCUT2D eigenvalue weighted by molar-refractivity contribution is -0.142. The smallest absolute Gasteiger partial charge is 0.326 e. The predicted molar refractivity (Wildman–Crippen MR) is 106 cm³/mol. The Morgan fingerprint density at radius 1 is 1.24 bits per heavy atom. The van der Waals surface area contributed by atoms with Crippen LogP contribution >= 0.6 is 17.1 Å². The zero-order chi connectivity index (χ0) is 19.0. The van der Waals surface area contributed by atoms with Crippen molar-refractivity contribution < 1.29 is 23.4 Å². The number of carbonyl (C=O) groups is 2. The van der Waals surface area contributed by atoms with Crippen LogP contribution in [0.1, 0.15) is 18.1 Å². The van der Waals surface area contributed by atoms with Crippen LogP contribution in [-0.2, 0) is 35.2 Å². The third kappa shape index (κ3) is 6.72. The van der Waals surface area contributed by atoms with Crippen molar-refractivity contribution in [1.29, 1.82) is 0 Å². The third-order valence-corrected chi connectivity index (χ3v) is 8.99. The fourth-order valence-corrected chi connectivity index (χ4v) is 4.84. The van der Waals surface area contributed by atoms with Gasteiger partial charge in [0.1, 0.15) is 6.54 Å². The molecule has 1 aromatic carbocycles. The summed E-state index contributed by atoms with van der Waals surface area (Å²) in [6.07, 6.45) is 0. The minimum atomic E-state index is -2.55. The fourth-order valence-electron chi connectivity index (χ4n) is 2.14. The number of amides is 1. The van der Waals surface area contributed by atoms with Crippen LogP contribution < -0.4 is 4.90 Å². The lowest BCUT2D eigenvalue weighted by Gasteiger charge is -2.25. The number of nitrogens with zero attached hydrogens (tertiary/aromatic N) is 1.